The quantitative estimate of drug-likeness (QED) is 0.624. The lowest BCUT2D eigenvalue weighted by Gasteiger charge is -2.44. The van der Waals surface area contributed by atoms with Crippen molar-refractivity contribution >= 4 is 23.5 Å². The SMILES string of the molecule is COC[C@H]1OC(Oc2ccc(C3CSCSC3)cc2)[C@H](OC)[C@@H](OC)[C@@H]1OC. The normalized spacial score (nSPS) is 31.6. The van der Waals surface area contributed by atoms with Crippen LogP contribution >= 0.6 is 23.5 Å². The average Bonchev–Trinajstić information content (AvgIpc) is 2.74. The van der Waals surface area contributed by atoms with Crippen LogP contribution < -0.4 is 4.74 Å². The summed E-state index contributed by atoms with van der Waals surface area (Å²) in [7, 11) is 6.54. The van der Waals surface area contributed by atoms with E-state index in [9.17, 15) is 0 Å². The molecule has 1 unspecified atom stereocenters. The van der Waals surface area contributed by atoms with Gasteiger partial charge in [-0.15, -0.1) is 0 Å². The maximum Gasteiger partial charge on any atom is 0.229 e. The maximum atomic E-state index is 6.15. The van der Waals surface area contributed by atoms with Crippen LogP contribution in [0.1, 0.15) is 11.5 Å². The molecule has 28 heavy (non-hydrogen) atoms. The number of hydrogen-bond donors (Lipinski definition) is 0. The zero-order chi connectivity index (χ0) is 19.9. The van der Waals surface area contributed by atoms with Crippen molar-refractivity contribution in [3.05, 3.63) is 29.8 Å². The molecule has 1 aromatic rings. The van der Waals surface area contributed by atoms with E-state index in [-0.39, 0.29) is 18.3 Å². The fraction of sp³-hybridized carbons (Fsp3) is 0.700. The lowest BCUT2D eigenvalue weighted by Crippen LogP contribution is -2.62. The summed E-state index contributed by atoms with van der Waals surface area (Å²) in [5, 5.41) is 1.20. The van der Waals surface area contributed by atoms with Crippen LogP contribution in [0.5, 0.6) is 5.75 Å². The van der Waals surface area contributed by atoms with Crippen molar-refractivity contribution in [3.8, 4) is 5.75 Å². The molecule has 0 aliphatic carbocycles. The van der Waals surface area contributed by atoms with Gasteiger partial charge >= 0.3 is 0 Å². The van der Waals surface area contributed by atoms with E-state index in [1.165, 1.54) is 22.2 Å². The van der Waals surface area contributed by atoms with Crippen LogP contribution in [-0.2, 0) is 23.7 Å². The summed E-state index contributed by atoms with van der Waals surface area (Å²) in [6.07, 6.45) is -1.99. The predicted molar refractivity (Wildman–Crippen MR) is 113 cm³/mol. The number of ether oxygens (including phenoxy) is 6. The molecular formula is C20H30O6S2. The maximum absolute atomic E-state index is 6.15. The number of thioether (sulfide) groups is 2. The Bertz CT molecular complexity index is 581. The Morgan fingerprint density at radius 3 is 2.11 bits per heavy atom. The molecular weight excluding hydrogens is 400 g/mol. The van der Waals surface area contributed by atoms with Gasteiger partial charge in [0.05, 0.1) is 6.61 Å². The van der Waals surface area contributed by atoms with E-state index in [1.54, 1.807) is 28.4 Å². The molecule has 2 saturated heterocycles. The molecule has 0 saturated carbocycles. The number of hydrogen-bond acceptors (Lipinski definition) is 8. The van der Waals surface area contributed by atoms with Crippen LogP contribution in [0, 0.1) is 0 Å². The van der Waals surface area contributed by atoms with Gasteiger partial charge in [-0.05, 0) is 17.7 Å². The molecule has 2 aliphatic heterocycles. The van der Waals surface area contributed by atoms with Gasteiger partial charge in [0.1, 0.15) is 30.2 Å². The summed E-state index contributed by atoms with van der Waals surface area (Å²) < 4.78 is 34.5. The van der Waals surface area contributed by atoms with Crippen molar-refractivity contribution < 1.29 is 28.4 Å². The van der Waals surface area contributed by atoms with Gasteiger partial charge in [-0.3, -0.25) is 0 Å². The highest BCUT2D eigenvalue weighted by molar-refractivity contribution is 8.16. The van der Waals surface area contributed by atoms with Crippen LogP contribution in [0.25, 0.3) is 0 Å². The van der Waals surface area contributed by atoms with Gasteiger partial charge in [-0.25, -0.2) is 0 Å². The van der Waals surface area contributed by atoms with E-state index in [1.807, 2.05) is 35.7 Å². The first kappa shape index (κ1) is 22.2. The van der Waals surface area contributed by atoms with Crippen molar-refractivity contribution in [3.63, 3.8) is 0 Å². The van der Waals surface area contributed by atoms with E-state index in [0.29, 0.717) is 12.5 Å². The smallest absolute Gasteiger partial charge is 0.229 e. The summed E-state index contributed by atoms with van der Waals surface area (Å²) in [5.41, 5.74) is 1.35. The van der Waals surface area contributed by atoms with E-state index in [2.05, 4.69) is 12.1 Å². The monoisotopic (exact) mass is 430 g/mol. The Kier molecular flexibility index (Phi) is 8.77. The van der Waals surface area contributed by atoms with Gasteiger partial charge in [0, 0.05) is 50.9 Å². The van der Waals surface area contributed by atoms with Crippen LogP contribution in [0.15, 0.2) is 24.3 Å². The van der Waals surface area contributed by atoms with Gasteiger partial charge in [0.2, 0.25) is 6.29 Å². The van der Waals surface area contributed by atoms with Gasteiger partial charge in [0.25, 0.3) is 0 Å². The molecule has 6 nitrogen and oxygen atoms in total. The molecule has 0 bridgehead atoms. The fourth-order valence-corrected chi connectivity index (χ4v) is 6.29. The van der Waals surface area contributed by atoms with Crippen molar-refractivity contribution in [1.82, 2.24) is 0 Å². The zero-order valence-corrected chi connectivity index (χ0v) is 18.5. The van der Waals surface area contributed by atoms with Crippen LogP contribution in [0.4, 0.5) is 0 Å². The third kappa shape index (κ3) is 5.16. The molecule has 8 heteroatoms. The van der Waals surface area contributed by atoms with Gasteiger partial charge in [-0.1, -0.05) is 12.1 Å². The van der Waals surface area contributed by atoms with Crippen molar-refractivity contribution in [1.29, 1.82) is 0 Å². The molecule has 0 radical (unpaired) electrons. The van der Waals surface area contributed by atoms with E-state index in [0.717, 1.165) is 5.75 Å². The molecule has 2 aliphatic rings. The number of methoxy groups -OCH3 is 4. The molecule has 0 amide bonds. The van der Waals surface area contributed by atoms with Gasteiger partial charge in [0.15, 0.2) is 0 Å². The summed E-state index contributed by atoms with van der Waals surface area (Å²) in [4.78, 5) is 0. The lowest BCUT2D eigenvalue weighted by molar-refractivity contribution is -0.292. The van der Waals surface area contributed by atoms with Crippen molar-refractivity contribution in [2.45, 2.75) is 36.6 Å². The Hall–Kier alpha value is -0.480. The second-order valence-electron chi connectivity index (χ2n) is 6.84. The van der Waals surface area contributed by atoms with Crippen molar-refractivity contribution in [2.75, 3.05) is 51.6 Å². The molecule has 2 fully saturated rings. The van der Waals surface area contributed by atoms with Gasteiger partial charge < -0.3 is 28.4 Å². The third-order valence-electron chi connectivity index (χ3n) is 5.15. The largest absolute Gasteiger partial charge is 0.462 e. The summed E-state index contributed by atoms with van der Waals surface area (Å²) in [6.45, 7) is 0.380. The molecule has 158 valence electrons. The summed E-state index contributed by atoms with van der Waals surface area (Å²) in [5.74, 6) is 3.70. The Labute approximate surface area is 175 Å². The Balaban J connectivity index is 1.71. The van der Waals surface area contributed by atoms with E-state index < -0.39 is 12.4 Å². The van der Waals surface area contributed by atoms with Crippen LogP contribution in [0.2, 0.25) is 0 Å². The van der Waals surface area contributed by atoms with Crippen LogP contribution in [0.3, 0.4) is 0 Å². The standard InChI is InChI=1S/C20H30O6S2/c1-21-9-16-17(22-2)18(23-3)19(24-4)20(26-16)25-15-7-5-13(6-8-15)14-10-27-12-28-11-14/h5-8,14,16-20H,9-12H2,1-4H3/t16-,17-,18+,19-,20?/m1/s1. The summed E-state index contributed by atoms with van der Waals surface area (Å²) >= 11 is 4.00. The molecule has 3 rings (SSSR count). The molecule has 0 aromatic heterocycles. The minimum atomic E-state index is -0.617. The van der Waals surface area contributed by atoms with Gasteiger partial charge in [-0.2, -0.15) is 23.5 Å². The second kappa shape index (κ2) is 11.1. The topological polar surface area (TPSA) is 55.4 Å². The highest BCUT2D eigenvalue weighted by Crippen LogP contribution is 2.34. The number of rotatable bonds is 8. The second-order valence-corrected chi connectivity index (χ2v) is 9.27. The van der Waals surface area contributed by atoms with E-state index in [4.69, 9.17) is 28.4 Å². The Morgan fingerprint density at radius 1 is 0.893 bits per heavy atom. The minimum Gasteiger partial charge on any atom is -0.462 e. The number of benzene rings is 1. The van der Waals surface area contributed by atoms with Crippen molar-refractivity contribution in [2.24, 2.45) is 0 Å². The lowest BCUT2D eigenvalue weighted by atomic mass is 9.98. The fourth-order valence-electron chi connectivity index (χ4n) is 3.71. The zero-order valence-electron chi connectivity index (χ0n) is 16.9. The predicted octanol–water partition coefficient (Wildman–Crippen LogP) is 3.00. The minimum absolute atomic E-state index is 0.307. The van der Waals surface area contributed by atoms with Crippen LogP contribution in [-0.4, -0.2) is 82.3 Å². The highest BCUT2D eigenvalue weighted by Gasteiger charge is 2.48. The first-order valence-corrected chi connectivity index (χ1v) is 11.7. The molecule has 0 N–H and O–H groups in total. The molecule has 2 heterocycles. The van der Waals surface area contributed by atoms with E-state index >= 15 is 0 Å². The summed E-state index contributed by atoms with van der Waals surface area (Å²) in [6, 6.07) is 8.31. The Morgan fingerprint density at radius 2 is 1.54 bits per heavy atom. The first-order valence-electron chi connectivity index (χ1n) is 9.36. The molecule has 0 spiro atoms. The average molecular weight is 431 g/mol. The molecule has 1 aromatic carbocycles. The third-order valence-corrected chi connectivity index (χ3v) is 7.76. The molecule has 5 atom stereocenters. The highest BCUT2D eigenvalue weighted by atomic mass is 32.2. The first-order chi connectivity index (χ1) is 13.7.